The molecule has 8 nitrogen and oxygen atoms in total. The van der Waals surface area contributed by atoms with Crippen LogP contribution in [0.3, 0.4) is 0 Å². The first kappa shape index (κ1) is 26.0. The van der Waals surface area contributed by atoms with Crippen molar-refractivity contribution in [3.63, 3.8) is 0 Å². The number of hydrogen-bond donors (Lipinski definition) is 2. The first-order valence-corrected chi connectivity index (χ1v) is 14.4. The molecule has 2 fully saturated rings. The van der Waals surface area contributed by atoms with Crippen molar-refractivity contribution in [2.75, 3.05) is 38.6 Å². The van der Waals surface area contributed by atoms with Crippen LogP contribution in [0.25, 0.3) is 27.4 Å². The molecule has 0 spiro atoms. The number of pyridine rings is 1. The molecule has 9 heteroatoms. The van der Waals surface area contributed by atoms with E-state index >= 15 is 4.39 Å². The van der Waals surface area contributed by atoms with Gasteiger partial charge in [-0.3, -0.25) is 9.59 Å². The highest BCUT2D eigenvalue weighted by Crippen LogP contribution is 2.46. The molecule has 3 aliphatic heterocycles. The lowest BCUT2D eigenvalue weighted by atomic mass is 10.0. The number of carbonyl (C=O) groups is 1. The Hall–Kier alpha value is -3.95. The molecule has 4 aromatic rings. The summed E-state index contributed by atoms with van der Waals surface area (Å²) < 4.78 is 29.6. The Morgan fingerprint density at radius 1 is 1.12 bits per heavy atom. The summed E-state index contributed by atoms with van der Waals surface area (Å²) in [5, 5.41) is 8.17. The standard InChI is InChI=1S/C32H33FN4O4/c1-36-12-4-8-21(36)10-11-34-32(39)24-18-37-26-14-19-6-2-3-7-20(19)15-27(26)41-31-28(35-17-22-9-5-13-40-22)25(33)16-23(29(31)37)30(24)38/h2-3,6-7,14-16,18,21-22,35H,4-5,8-13,17H2,1H3,(H,34,39). The summed E-state index contributed by atoms with van der Waals surface area (Å²) in [6.45, 7) is 2.63. The number of carbonyl (C=O) groups excluding carboxylic acids is 1. The van der Waals surface area contributed by atoms with Crippen molar-refractivity contribution in [1.82, 2.24) is 14.8 Å². The monoisotopic (exact) mass is 556 g/mol. The van der Waals surface area contributed by atoms with E-state index in [0.717, 1.165) is 49.4 Å². The van der Waals surface area contributed by atoms with E-state index in [-0.39, 0.29) is 28.5 Å². The van der Waals surface area contributed by atoms with E-state index in [1.54, 1.807) is 10.8 Å². The lowest BCUT2D eigenvalue weighted by Crippen LogP contribution is -2.34. The number of likely N-dealkylation sites (tertiary alicyclic amines) is 1. The van der Waals surface area contributed by atoms with E-state index in [4.69, 9.17) is 9.47 Å². The molecule has 41 heavy (non-hydrogen) atoms. The normalized spacial score (nSPS) is 19.9. The van der Waals surface area contributed by atoms with Crippen LogP contribution in [0.5, 0.6) is 11.5 Å². The van der Waals surface area contributed by atoms with Gasteiger partial charge >= 0.3 is 0 Å². The van der Waals surface area contributed by atoms with Gasteiger partial charge in [-0.2, -0.15) is 0 Å². The molecule has 1 aromatic heterocycles. The van der Waals surface area contributed by atoms with Crippen LogP contribution in [0.15, 0.2) is 53.5 Å². The Labute approximate surface area is 237 Å². The summed E-state index contributed by atoms with van der Waals surface area (Å²) >= 11 is 0. The fraction of sp³-hybridized carbons (Fsp3) is 0.375. The molecule has 4 heterocycles. The molecule has 2 N–H and O–H groups in total. The predicted molar refractivity (Wildman–Crippen MR) is 157 cm³/mol. The summed E-state index contributed by atoms with van der Waals surface area (Å²) in [4.78, 5) is 29.4. The van der Waals surface area contributed by atoms with Crippen LogP contribution in [0, 0.1) is 5.82 Å². The number of hydrogen-bond acceptors (Lipinski definition) is 6. The zero-order valence-electron chi connectivity index (χ0n) is 23.0. The molecule has 0 radical (unpaired) electrons. The van der Waals surface area contributed by atoms with Crippen molar-refractivity contribution >= 4 is 33.3 Å². The van der Waals surface area contributed by atoms with Crippen molar-refractivity contribution in [3.8, 4) is 17.2 Å². The van der Waals surface area contributed by atoms with Gasteiger partial charge in [0.25, 0.3) is 5.91 Å². The SMILES string of the molecule is CN1CCCC1CCNC(=O)c1cn2c3c(c(NCC4CCCO4)c(F)cc3c1=O)Oc1cc3ccccc3cc1-2. The highest BCUT2D eigenvalue weighted by atomic mass is 19.1. The molecule has 1 amide bonds. The lowest BCUT2D eigenvalue weighted by molar-refractivity contribution is 0.0948. The Morgan fingerprint density at radius 2 is 1.95 bits per heavy atom. The molecule has 2 saturated heterocycles. The van der Waals surface area contributed by atoms with Gasteiger partial charge in [0.2, 0.25) is 5.43 Å². The second kappa shape index (κ2) is 10.5. The van der Waals surface area contributed by atoms with Gasteiger partial charge in [-0.25, -0.2) is 4.39 Å². The largest absolute Gasteiger partial charge is 0.451 e. The number of amides is 1. The van der Waals surface area contributed by atoms with E-state index in [2.05, 4.69) is 22.6 Å². The molecule has 3 aromatic carbocycles. The average Bonchev–Trinajstić information content (AvgIpc) is 3.64. The second-order valence-electron chi connectivity index (χ2n) is 11.3. The number of nitrogens with one attached hydrogen (secondary N) is 2. The molecular weight excluding hydrogens is 523 g/mol. The topological polar surface area (TPSA) is 84.8 Å². The van der Waals surface area contributed by atoms with Crippen LogP contribution in [-0.4, -0.2) is 60.8 Å². The third-order valence-electron chi connectivity index (χ3n) is 8.70. The number of ether oxygens (including phenoxy) is 2. The molecule has 0 bridgehead atoms. The first-order valence-electron chi connectivity index (χ1n) is 14.4. The summed E-state index contributed by atoms with van der Waals surface area (Å²) in [6.07, 6.45) is 6.48. The number of nitrogens with zero attached hydrogens (tertiary/aromatic N) is 2. The quantitative estimate of drug-likeness (QED) is 0.287. The van der Waals surface area contributed by atoms with Gasteiger partial charge in [0.15, 0.2) is 17.3 Å². The van der Waals surface area contributed by atoms with E-state index in [1.165, 1.54) is 6.07 Å². The van der Waals surface area contributed by atoms with Crippen molar-refractivity contribution in [1.29, 1.82) is 0 Å². The lowest BCUT2D eigenvalue weighted by Gasteiger charge is -2.27. The van der Waals surface area contributed by atoms with Crippen molar-refractivity contribution < 1.29 is 18.7 Å². The van der Waals surface area contributed by atoms with Gasteiger partial charge in [0.05, 0.1) is 17.2 Å². The van der Waals surface area contributed by atoms with Gasteiger partial charge in [-0.1, -0.05) is 24.3 Å². The Kier molecular flexibility index (Phi) is 6.63. The van der Waals surface area contributed by atoms with E-state index < -0.39 is 17.2 Å². The molecule has 7 rings (SSSR count). The van der Waals surface area contributed by atoms with Gasteiger partial charge in [-0.05, 0) is 74.7 Å². The second-order valence-corrected chi connectivity index (χ2v) is 11.3. The number of aromatic nitrogens is 1. The molecule has 2 unspecified atom stereocenters. The third-order valence-corrected chi connectivity index (χ3v) is 8.70. The van der Waals surface area contributed by atoms with Crippen LogP contribution >= 0.6 is 0 Å². The Balaban J connectivity index is 1.33. The van der Waals surface area contributed by atoms with Crippen molar-refractivity contribution in [2.45, 2.75) is 44.2 Å². The number of fused-ring (bicyclic) bond motifs is 3. The summed E-state index contributed by atoms with van der Waals surface area (Å²) in [6, 6.07) is 13.4. The minimum atomic E-state index is -0.611. The molecule has 3 aliphatic rings. The zero-order valence-corrected chi connectivity index (χ0v) is 23.0. The highest BCUT2D eigenvalue weighted by molar-refractivity contribution is 6.02. The molecule has 0 saturated carbocycles. The zero-order chi connectivity index (χ0) is 28.1. The van der Waals surface area contributed by atoms with E-state index in [1.807, 2.05) is 36.4 Å². The van der Waals surface area contributed by atoms with Crippen LogP contribution < -0.4 is 20.8 Å². The average molecular weight is 557 g/mol. The van der Waals surface area contributed by atoms with Crippen molar-refractivity contribution in [3.05, 3.63) is 70.3 Å². The maximum Gasteiger partial charge on any atom is 0.256 e. The fourth-order valence-corrected chi connectivity index (χ4v) is 6.44. The molecular formula is C32H33FN4O4. The molecule has 0 aliphatic carbocycles. The summed E-state index contributed by atoms with van der Waals surface area (Å²) in [5.74, 6) is -0.325. The van der Waals surface area contributed by atoms with Crippen LogP contribution in [-0.2, 0) is 4.74 Å². The molecule has 212 valence electrons. The minimum Gasteiger partial charge on any atom is -0.451 e. The van der Waals surface area contributed by atoms with Gasteiger partial charge in [0, 0.05) is 31.9 Å². The van der Waals surface area contributed by atoms with Crippen LogP contribution in [0.4, 0.5) is 10.1 Å². The molecule has 2 atom stereocenters. The highest BCUT2D eigenvalue weighted by Gasteiger charge is 2.30. The minimum absolute atomic E-state index is 0.0191. The van der Waals surface area contributed by atoms with Crippen LogP contribution in [0.1, 0.15) is 42.5 Å². The van der Waals surface area contributed by atoms with Gasteiger partial charge in [-0.15, -0.1) is 0 Å². The van der Waals surface area contributed by atoms with E-state index in [0.29, 0.717) is 42.7 Å². The van der Waals surface area contributed by atoms with Gasteiger partial charge in [0.1, 0.15) is 16.8 Å². The smallest absolute Gasteiger partial charge is 0.256 e. The van der Waals surface area contributed by atoms with Gasteiger partial charge < -0.3 is 29.6 Å². The third kappa shape index (κ3) is 4.63. The number of halogens is 1. The Morgan fingerprint density at radius 3 is 2.71 bits per heavy atom. The van der Waals surface area contributed by atoms with E-state index in [9.17, 15) is 9.59 Å². The first-order chi connectivity index (χ1) is 20.0. The maximum atomic E-state index is 15.7. The summed E-state index contributed by atoms with van der Waals surface area (Å²) in [7, 11) is 2.10. The fourth-order valence-electron chi connectivity index (χ4n) is 6.44. The summed E-state index contributed by atoms with van der Waals surface area (Å²) in [5.41, 5.74) is 0.740. The predicted octanol–water partition coefficient (Wildman–Crippen LogP) is 5.19. The maximum absolute atomic E-state index is 15.7. The number of benzene rings is 3. The van der Waals surface area contributed by atoms with Crippen LogP contribution in [0.2, 0.25) is 0 Å². The number of anilines is 1. The number of rotatable bonds is 7. The van der Waals surface area contributed by atoms with Crippen molar-refractivity contribution in [2.24, 2.45) is 0 Å². The Bertz CT molecular complexity index is 1730.